The smallest absolute Gasteiger partial charge is 0.0987 e. The highest BCUT2D eigenvalue weighted by atomic mass is 33.1. The van der Waals surface area contributed by atoms with Gasteiger partial charge in [-0.1, -0.05) is 21.6 Å². The summed E-state index contributed by atoms with van der Waals surface area (Å²) in [5.41, 5.74) is 0. The van der Waals surface area contributed by atoms with Crippen molar-refractivity contribution in [1.29, 1.82) is 0 Å². The third-order valence-electron chi connectivity index (χ3n) is 0.522. The molecular weight excluding hydrogens is 144 g/mol. The topological polar surface area (TPSA) is 40.5 Å². The largest absolute Gasteiger partial charge is 0.396 e. The van der Waals surface area contributed by atoms with Crippen LogP contribution in [0.15, 0.2) is 0 Å². The fraction of sp³-hybridized carbons (Fsp3) is 1.00. The van der Waals surface area contributed by atoms with Gasteiger partial charge in [-0.2, -0.15) is 0 Å². The van der Waals surface area contributed by atoms with Gasteiger partial charge in [-0.05, 0) is 6.42 Å². The van der Waals surface area contributed by atoms with E-state index in [1.165, 1.54) is 10.8 Å². The van der Waals surface area contributed by atoms with Crippen LogP contribution in [-0.4, -0.2) is 28.5 Å². The van der Waals surface area contributed by atoms with E-state index in [1.807, 2.05) is 0 Å². The Labute approximate surface area is 57.1 Å². The Bertz CT molecular complexity index is 37.0. The van der Waals surface area contributed by atoms with Crippen LogP contribution in [0.2, 0.25) is 0 Å². The number of hydrogen-bond donors (Lipinski definition) is 2. The van der Waals surface area contributed by atoms with Crippen molar-refractivity contribution in [2.24, 2.45) is 0 Å². The quantitative estimate of drug-likeness (QED) is 0.347. The lowest BCUT2D eigenvalue weighted by molar-refractivity contribution is 0.296. The van der Waals surface area contributed by atoms with E-state index in [-0.39, 0.29) is 12.5 Å². The summed E-state index contributed by atoms with van der Waals surface area (Å²) in [6.45, 7) is 0.249. The minimum atomic E-state index is 0.163. The summed E-state index contributed by atoms with van der Waals surface area (Å²) in [6, 6.07) is 0. The summed E-state index contributed by atoms with van der Waals surface area (Å²) in [5, 5.41) is 16.5. The number of aliphatic hydroxyl groups excluding tert-OH is 2. The monoisotopic (exact) mass is 154 g/mol. The molecule has 0 bridgehead atoms. The first-order valence-electron chi connectivity index (χ1n) is 2.38. The summed E-state index contributed by atoms with van der Waals surface area (Å²) in [7, 11) is 2.99. The summed E-state index contributed by atoms with van der Waals surface area (Å²) in [4.78, 5) is 0. The molecule has 0 amide bonds. The van der Waals surface area contributed by atoms with E-state index in [0.717, 1.165) is 12.2 Å². The molecule has 2 nitrogen and oxygen atoms in total. The Morgan fingerprint density at radius 1 is 1.12 bits per heavy atom. The summed E-state index contributed by atoms with van der Waals surface area (Å²) < 4.78 is 0. The first-order valence-corrected chi connectivity index (χ1v) is 4.86. The molecule has 8 heavy (non-hydrogen) atoms. The molecule has 0 aliphatic rings. The molecule has 0 spiro atoms. The highest BCUT2D eigenvalue weighted by molar-refractivity contribution is 8.76. The average Bonchev–Trinajstić information content (AvgIpc) is 1.81. The van der Waals surface area contributed by atoms with Gasteiger partial charge in [0.05, 0.1) is 5.94 Å². The Morgan fingerprint density at radius 3 is 2.38 bits per heavy atom. The van der Waals surface area contributed by atoms with Crippen molar-refractivity contribution in [3.63, 3.8) is 0 Å². The SMILES string of the molecule is OCCCSSCO. The maximum Gasteiger partial charge on any atom is 0.0987 e. The second kappa shape index (κ2) is 7.62. The van der Waals surface area contributed by atoms with Crippen LogP contribution in [0.4, 0.5) is 0 Å². The van der Waals surface area contributed by atoms with Gasteiger partial charge in [0.1, 0.15) is 0 Å². The number of aliphatic hydroxyl groups is 2. The molecule has 0 aliphatic heterocycles. The van der Waals surface area contributed by atoms with E-state index in [0.29, 0.717) is 0 Å². The van der Waals surface area contributed by atoms with Gasteiger partial charge in [-0.3, -0.25) is 0 Å². The van der Waals surface area contributed by atoms with Crippen LogP contribution in [0.25, 0.3) is 0 Å². The molecule has 0 aromatic heterocycles. The number of hydrogen-bond acceptors (Lipinski definition) is 4. The first-order chi connectivity index (χ1) is 3.91. The van der Waals surface area contributed by atoms with Crippen LogP contribution in [-0.2, 0) is 0 Å². The van der Waals surface area contributed by atoms with Crippen molar-refractivity contribution in [1.82, 2.24) is 0 Å². The van der Waals surface area contributed by atoms with E-state index >= 15 is 0 Å². The van der Waals surface area contributed by atoms with Crippen LogP contribution >= 0.6 is 21.6 Å². The second-order valence-electron chi connectivity index (χ2n) is 1.15. The van der Waals surface area contributed by atoms with Gasteiger partial charge in [0.25, 0.3) is 0 Å². The standard InChI is InChI=1S/C4H10O2S2/c5-2-1-3-7-8-4-6/h5-6H,1-4H2. The van der Waals surface area contributed by atoms with Gasteiger partial charge in [-0.25, -0.2) is 0 Å². The van der Waals surface area contributed by atoms with Gasteiger partial charge < -0.3 is 10.2 Å². The summed E-state index contributed by atoms with van der Waals surface area (Å²) in [6.07, 6.45) is 0.817. The third-order valence-corrected chi connectivity index (χ3v) is 2.57. The maximum absolute atomic E-state index is 8.28. The fourth-order valence-electron chi connectivity index (χ4n) is 0.220. The molecule has 0 fully saturated rings. The van der Waals surface area contributed by atoms with Crippen LogP contribution < -0.4 is 0 Å². The van der Waals surface area contributed by atoms with Crippen LogP contribution in [0, 0.1) is 0 Å². The zero-order valence-corrected chi connectivity index (χ0v) is 6.17. The molecule has 0 aliphatic carbocycles. The van der Waals surface area contributed by atoms with Crippen molar-refractivity contribution in [2.45, 2.75) is 6.42 Å². The van der Waals surface area contributed by atoms with Crippen molar-refractivity contribution in [2.75, 3.05) is 18.3 Å². The molecule has 0 atom stereocenters. The minimum absolute atomic E-state index is 0.163. The van der Waals surface area contributed by atoms with Crippen molar-refractivity contribution >= 4 is 21.6 Å². The maximum atomic E-state index is 8.28. The molecule has 0 heterocycles. The molecule has 0 radical (unpaired) electrons. The molecule has 0 saturated carbocycles. The zero-order valence-electron chi connectivity index (χ0n) is 4.54. The van der Waals surface area contributed by atoms with Crippen LogP contribution in [0.1, 0.15) is 6.42 Å². The third kappa shape index (κ3) is 6.62. The predicted octanol–water partition coefficient (Wildman–Crippen LogP) is 0.700. The molecule has 0 rings (SSSR count). The van der Waals surface area contributed by atoms with Gasteiger partial charge in [0.15, 0.2) is 0 Å². The van der Waals surface area contributed by atoms with Gasteiger partial charge >= 0.3 is 0 Å². The van der Waals surface area contributed by atoms with E-state index in [2.05, 4.69) is 0 Å². The number of rotatable bonds is 5. The average molecular weight is 154 g/mol. The normalized spacial score (nSPS) is 9.75. The molecule has 4 heteroatoms. The fourth-order valence-corrected chi connectivity index (χ4v) is 1.59. The van der Waals surface area contributed by atoms with Crippen molar-refractivity contribution in [3.8, 4) is 0 Å². The molecule has 0 aromatic carbocycles. The Balaban J connectivity index is 2.53. The van der Waals surface area contributed by atoms with Crippen molar-refractivity contribution < 1.29 is 10.2 Å². The first kappa shape index (κ1) is 8.62. The minimum Gasteiger partial charge on any atom is -0.396 e. The van der Waals surface area contributed by atoms with Crippen molar-refractivity contribution in [3.05, 3.63) is 0 Å². The lowest BCUT2D eigenvalue weighted by atomic mass is 10.5. The highest BCUT2D eigenvalue weighted by Crippen LogP contribution is 2.19. The Morgan fingerprint density at radius 2 is 1.88 bits per heavy atom. The zero-order chi connectivity index (χ0) is 6.24. The van der Waals surface area contributed by atoms with Gasteiger partial charge in [-0.15, -0.1) is 0 Å². The molecular formula is C4H10O2S2. The molecule has 0 aromatic rings. The lowest BCUT2D eigenvalue weighted by Gasteiger charge is -1.92. The van der Waals surface area contributed by atoms with Crippen LogP contribution in [0.3, 0.4) is 0 Å². The highest BCUT2D eigenvalue weighted by Gasteiger charge is 1.85. The van der Waals surface area contributed by atoms with E-state index in [4.69, 9.17) is 10.2 Å². The summed E-state index contributed by atoms with van der Waals surface area (Å²) in [5.74, 6) is 1.08. The predicted molar refractivity (Wildman–Crippen MR) is 38.8 cm³/mol. The van der Waals surface area contributed by atoms with E-state index < -0.39 is 0 Å². The van der Waals surface area contributed by atoms with E-state index in [1.54, 1.807) is 10.8 Å². The van der Waals surface area contributed by atoms with Gasteiger partial charge in [0, 0.05) is 12.4 Å². The Hall–Kier alpha value is 0.620. The lowest BCUT2D eigenvalue weighted by Crippen LogP contribution is -1.83. The molecule has 0 saturated heterocycles. The second-order valence-corrected chi connectivity index (χ2v) is 3.70. The molecule has 2 N–H and O–H groups in total. The van der Waals surface area contributed by atoms with E-state index in [9.17, 15) is 0 Å². The molecule has 50 valence electrons. The van der Waals surface area contributed by atoms with Crippen LogP contribution in [0.5, 0.6) is 0 Å². The molecule has 0 unspecified atom stereocenters. The Kier molecular flexibility index (Phi) is 8.21. The van der Waals surface area contributed by atoms with Gasteiger partial charge in [0.2, 0.25) is 0 Å². The summed E-state index contributed by atoms with van der Waals surface area (Å²) >= 11 is 0.